The van der Waals surface area contributed by atoms with Crippen molar-refractivity contribution in [1.29, 1.82) is 0 Å². The van der Waals surface area contributed by atoms with Gasteiger partial charge in [-0.15, -0.1) is 0 Å². The number of ether oxygens (including phenoxy) is 1. The van der Waals surface area contributed by atoms with Gasteiger partial charge in [0.05, 0.1) is 6.61 Å². The molecule has 2 unspecified atom stereocenters. The van der Waals surface area contributed by atoms with Crippen molar-refractivity contribution in [2.24, 2.45) is 0 Å². The van der Waals surface area contributed by atoms with Gasteiger partial charge in [-0.1, -0.05) is 151 Å². The molecule has 0 spiro atoms. The van der Waals surface area contributed by atoms with Crippen LogP contribution in [0.15, 0.2) is 48.6 Å². The van der Waals surface area contributed by atoms with Gasteiger partial charge in [-0.25, -0.2) is 4.79 Å². The molecule has 4 nitrogen and oxygen atoms in total. The van der Waals surface area contributed by atoms with E-state index in [9.17, 15) is 4.79 Å². The summed E-state index contributed by atoms with van der Waals surface area (Å²) in [7, 11) is -4.32. The first-order valence-corrected chi connectivity index (χ1v) is 23.5. The molecule has 6 heteroatoms. The Balaban J connectivity index is 5.39. The van der Waals surface area contributed by atoms with Gasteiger partial charge in [-0.2, -0.15) is 0 Å². The van der Waals surface area contributed by atoms with E-state index in [0.29, 0.717) is 46.3 Å². The molecule has 0 saturated heterocycles. The number of carbonyl (C=O) groups is 1. The van der Waals surface area contributed by atoms with Crippen LogP contribution in [0.4, 0.5) is 0 Å². The first-order valence-electron chi connectivity index (χ1n) is 19.2. The topological polar surface area (TPSA) is 44.8 Å². The average Bonchev–Trinajstić information content (AvgIpc) is 2.97. The molecule has 0 radical (unpaired) electrons. The standard InChI is InChI=1S/C41H78O4Si2/c1-15-16-17-18-19-20-21-22-23-24-25-26-27-28-29-30-31-40(45-47(36(8)9,37(10)11)38(12)13)41(42)44-39(14)32-43-46(33(2)3,34(4)5)35(6)7/h19-20,22-23,25-26,28-29,33-40H,15-18,21,24,27,30-32H2,1-14H3/b20-19-,23-22-,26-25-,29-28-. The van der Waals surface area contributed by atoms with E-state index in [-0.39, 0.29) is 12.1 Å². The molecule has 0 heterocycles. The van der Waals surface area contributed by atoms with Gasteiger partial charge >= 0.3 is 5.97 Å². The Labute approximate surface area is 295 Å². The fourth-order valence-electron chi connectivity index (χ4n) is 7.76. The highest BCUT2D eigenvalue weighted by atomic mass is 28.4. The first kappa shape index (κ1) is 45.8. The second-order valence-corrected chi connectivity index (χ2v) is 26.3. The van der Waals surface area contributed by atoms with Crippen LogP contribution >= 0.6 is 0 Å². The lowest BCUT2D eigenvalue weighted by atomic mass is 10.2. The van der Waals surface area contributed by atoms with Crippen molar-refractivity contribution < 1.29 is 18.4 Å². The van der Waals surface area contributed by atoms with Crippen molar-refractivity contribution in [3.05, 3.63) is 48.6 Å². The first-order chi connectivity index (χ1) is 22.1. The van der Waals surface area contributed by atoms with Crippen molar-refractivity contribution in [2.45, 2.75) is 200 Å². The summed E-state index contributed by atoms with van der Waals surface area (Å²) in [6.45, 7) is 32.0. The van der Waals surface area contributed by atoms with Gasteiger partial charge in [0.1, 0.15) is 12.2 Å². The van der Waals surface area contributed by atoms with Crippen LogP contribution in [0.3, 0.4) is 0 Å². The van der Waals surface area contributed by atoms with E-state index in [2.05, 4.69) is 139 Å². The van der Waals surface area contributed by atoms with Gasteiger partial charge in [0.15, 0.2) is 0 Å². The summed E-state index contributed by atoms with van der Waals surface area (Å²) in [6.07, 6.45) is 26.4. The molecule has 0 aromatic rings. The van der Waals surface area contributed by atoms with Crippen molar-refractivity contribution in [2.75, 3.05) is 6.61 Å². The molecule has 0 bridgehead atoms. The lowest BCUT2D eigenvalue weighted by Gasteiger charge is -2.44. The lowest BCUT2D eigenvalue weighted by Crippen LogP contribution is -2.52. The van der Waals surface area contributed by atoms with Crippen molar-refractivity contribution >= 4 is 22.6 Å². The monoisotopic (exact) mass is 691 g/mol. The van der Waals surface area contributed by atoms with Crippen LogP contribution in [0.2, 0.25) is 33.2 Å². The molecule has 0 aliphatic rings. The number of unbranched alkanes of at least 4 members (excludes halogenated alkanes) is 3. The number of allylic oxidation sites excluding steroid dienone is 8. The Bertz CT molecular complexity index is 886. The Morgan fingerprint density at radius 3 is 1.36 bits per heavy atom. The minimum absolute atomic E-state index is 0.235. The van der Waals surface area contributed by atoms with Crippen LogP contribution in [0.1, 0.15) is 155 Å². The molecule has 0 aromatic heterocycles. The van der Waals surface area contributed by atoms with Gasteiger partial charge in [0, 0.05) is 0 Å². The molecular weight excluding hydrogens is 613 g/mol. The third-order valence-electron chi connectivity index (χ3n) is 9.96. The van der Waals surface area contributed by atoms with E-state index in [1.165, 1.54) is 25.7 Å². The van der Waals surface area contributed by atoms with E-state index < -0.39 is 22.7 Å². The van der Waals surface area contributed by atoms with E-state index in [1.807, 2.05) is 6.92 Å². The predicted molar refractivity (Wildman–Crippen MR) is 212 cm³/mol. The summed E-state index contributed by atoms with van der Waals surface area (Å²) in [5.74, 6) is -0.235. The van der Waals surface area contributed by atoms with E-state index >= 15 is 0 Å². The van der Waals surface area contributed by atoms with E-state index in [0.717, 1.165) is 25.7 Å². The minimum Gasteiger partial charge on any atom is -0.458 e. The second kappa shape index (κ2) is 24.8. The molecule has 2 atom stereocenters. The van der Waals surface area contributed by atoms with Gasteiger partial charge in [-0.3, -0.25) is 0 Å². The van der Waals surface area contributed by atoms with Crippen LogP contribution in [0, 0.1) is 0 Å². The summed E-state index contributed by atoms with van der Waals surface area (Å²) in [5, 5.41) is 0. The molecule has 0 rings (SSSR count). The third-order valence-corrected chi connectivity index (χ3v) is 22.1. The molecule has 47 heavy (non-hydrogen) atoms. The van der Waals surface area contributed by atoms with Crippen LogP contribution in [-0.2, 0) is 18.4 Å². The highest BCUT2D eigenvalue weighted by Crippen LogP contribution is 2.44. The maximum absolute atomic E-state index is 13.8. The SMILES string of the molecule is CCCCC/C=C\C/C=C\C/C=C\C/C=C\CCC(O[Si](C(C)C)(C(C)C)C(C)C)C(=O)OC(C)CO[Si](C(C)C)(C(C)C)C(C)C. The Kier molecular flexibility index (Phi) is 24.2. The van der Waals surface area contributed by atoms with Crippen molar-refractivity contribution in [1.82, 2.24) is 0 Å². The van der Waals surface area contributed by atoms with Crippen molar-refractivity contribution in [3.63, 3.8) is 0 Å². The summed E-state index contributed by atoms with van der Waals surface area (Å²) >= 11 is 0. The van der Waals surface area contributed by atoms with Crippen LogP contribution < -0.4 is 0 Å². The molecule has 274 valence electrons. The Morgan fingerprint density at radius 1 is 0.553 bits per heavy atom. The maximum Gasteiger partial charge on any atom is 0.334 e. The van der Waals surface area contributed by atoms with Gasteiger partial charge in [0.25, 0.3) is 0 Å². The van der Waals surface area contributed by atoms with Crippen LogP contribution in [-0.4, -0.2) is 41.4 Å². The van der Waals surface area contributed by atoms with Gasteiger partial charge < -0.3 is 13.6 Å². The summed E-state index contributed by atoms with van der Waals surface area (Å²) in [6, 6.07) is 0. The molecule has 0 N–H and O–H groups in total. The molecular formula is C41H78O4Si2. The van der Waals surface area contributed by atoms with Gasteiger partial charge in [-0.05, 0) is 85.1 Å². The lowest BCUT2D eigenvalue weighted by molar-refractivity contribution is -0.159. The second-order valence-electron chi connectivity index (χ2n) is 15.5. The quantitative estimate of drug-likeness (QED) is 0.0392. The molecule has 0 aromatic carbocycles. The predicted octanol–water partition coefficient (Wildman–Crippen LogP) is 13.4. The van der Waals surface area contributed by atoms with Crippen LogP contribution in [0.25, 0.3) is 0 Å². The average molecular weight is 691 g/mol. The number of carbonyl (C=O) groups excluding carboxylic acids is 1. The number of rotatable bonds is 26. The maximum atomic E-state index is 13.8. The van der Waals surface area contributed by atoms with E-state index in [4.69, 9.17) is 13.6 Å². The zero-order chi connectivity index (χ0) is 36.0. The Hall–Kier alpha value is -1.22. The van der Waals surface area contributed by atoms with Gasteiger partial charge in [0.2, 0.25) is 16.6 Å². The normalized spacial score (nSPS) is 15.1. The molecule has 0 fully saturated rings. The fourth-order valence-corrected chi connectivity index (χ4v) is 18.8. The van der Waals surface area contributed by atoms with E-state index in [1.54, 1.807) is 0 Å². The minimum atomic E-state index is -2.28. The number of esters is 1. The zero-order valence-electron chi connectivity index (χ0n) is 33.4. The highest BCUT2D eigenvalue weighted by Gasteiger charge is 2.48. The highest BCUT2D eigenvalue weighted by molar-refractivity contribution is 6.78. The molecule has 0 aliphatic heterocycles. The number of hydrogen-bond donors (Lipinski definition) is 0. The third kappa shape index (κ3) is 15.9. The summed E-state index contributed by atoms with van der Waals surface area (Å²) < 4.78 is 19.9. The van der Waals surface area contributed by atoms with Crippen molar-refractivity contribution in [3.8, 4) is 0 Å². The Morgan fingerprint density at radius 2 is 0.957 bits per heavy atom. The number of hydrogen-bond acceptors (Lipinski definition) is 4. The smallest absolute Gasteiger partial charge is 0.334 e. The molecule has 0 saturated carbocycles. The summed E-state index contributed by atoms with van der Waals surface area (Å²) in [5.41, 5.74) is 2.64. The molecule has 0 amide bonds. The zero-order valence-corrected chi connectivity index (χ0v) is 35.4. The largest absolute Gasteiger partial charge is 0.458 e. The van der Waals surface area contributed by atoms with Crippen LogP contribution in [0.5, 0.6) is 0 Å². The summed E-state index contributed by atoms with van der Waals surface area (Å²) in [4.78, 5) is 13.8. The molecule has 0 aliphatic carbocycles. The fraction of sp³-hybridized carbons (Fsp3) is 0.780.